The van der Waals surface area contributed by atoms with E-state index in [4.69, 9.17) is 9.47 Å². The summed E-state index contributed by atoms with van der Waals surface area (Å²) in [6.45, 7) is 4.23. The predicted molar refractivity (Wildman–Crippen MR) is 123 cm³/mol. The van der Waals surface area contributed by atoms with Crippen molar-refractivity contribution in [2.24, 2.45) is 0 Å². The van der Waals surface area contributed by atoms with Crippen LogP contribution in [0.3, 0.4) is 0 Å². The van der Waals surface area contributed by atoms with Gasteiger partial charge in [-0.25, -0.2) is 0 Å². The molecule has 2 heterocycles. The fourth-order valence-corrected chi connectivity index (χ4v) is 3.98. The first kappa shape index (κ1) is 20.2. The first-order valence-electron chi connectivity index (χ1n) is 10.8. The number of hydrogen-bond donors (Lipinski definition) is 0. The second kappa shape index (κ2) is 9.17. The minimum atomic E-state index is 0.0658. The molecule has 0 unspecified atom stereocenters. The Balaban J connectivity index is 1.19. The van der Waals surface area contributed by atoms with E-state index >= 15 is 0 Å². The molecular weight excluding hydrogens is 400 g/mol. The molecule has 5 nitrogen and oxygen atoms in total. The SMILES string of the molecule is O=C(c1cccc(C#Cc2ccccc2)c1)N1CCN(Cc2ccc3c(c2)OCO3)CC1. The van der Waals surface area contributed by atoms with Gasteiger partial charge in [-0.15, -0.1) is 0 Å². The summed E-state index contributed by atoms with van der Waals surface area (Å²) in [5, 5.41) is 0. The van der Waals surface area contributed by atoms with Crippen molar-refractivity contribution in [2.45, 2.75) is 6.54 Å². The molecule has 0 radical (unpaired) electrons. The topological polar surface area (TPSA) is 42.0 Å². The largest absolute Gasteiger partial charge is 0.454 e. The van der Waals surface area contributed by atoms with Crippen molar-refractivity contribution in [1.29, 1.82) is 0 Å². The van der Waals surface area contributed by atoms with Crippen LogP contribution in [0.15, 0.2) is 72.8 Å². The quantitative estimate of drug-likeness (QED) is 0.601. The van der Waals surface area contributed by atoms with Gasteiger partial charge in [-0.2, -0.15) is 0 Å². The number of carbonyl (C=O) groups excluding carboxylic acids is 1. The number of nitrogens with zero attached hydrogens (tertiary/aromatic N) is 2. The van der Waals surface area contributed by atoms with Crippen molar-refractivity contribution in [2.75, 3.05) is 33.0 Å². The second-order valence-electron chi connectivity index (χ2n) is 7.95. The van der Waals surface area contributed by atoms with Crippen LogP contribution in [0.25, 0.3) is 0 Å². The zero-order valence-corrected chi connectivity index (χ0v) is 17.8. The zero-order chi connectivity index (χ0) is 21.8. The summed E-state index contributed by atoms with van der Waals surface area (Å²) in [6.07, 6.45) is 0. The van der Waals surface area contributed by atoms with Crippen LogP contribution < -0.4 is 9.47 Å². The Bertz CT molecular complexity index is 1170. The van der Waals surface area contributed by atoms with Crippen LogP contribution in [0.1, 0.15) is 27.0 Å². The van der Waals surface area contributed by atoms with E-state index in [9.17, 15) is 4.79 Å². The second-order valence-corrected chi connectivity index (χ2v) is 7.95. The zero-order valence-electron chi connectivity index (χ0n) is 17.8. The van der Waals surface area contributed by atoms with E-state index in [1.807, 2.05) is 71.6 Å². The third-order valence-corrected chi connectivity index (χ3v) is 5.74. The Morgan fingerprint density at radius 1 is 0.781 bits per heavy atom. The summed E-state index contributed by atoms with van der Waals surface area (Å²) in [4.78, 5) is 17.3. The van der Waals surface area contributed by atoms with Crippen molar-refractivity contribution >= 4 is 5.91 Å². The molecule has 0 bridgehead atoms. The number of hydrogen-bond acceptors (Lipinski definition) is 4. The molecule has 5 heteroatoms. The van der Waals surface area contributed by atoms with Gasteiger partial charge in [-0.1, -0.05) is 42.2 Å². The summed E-state index contributed by atoms with van der Waals surface area (Å²) in [5.74, 6) is 8.00. The van der Waals surface area contributed by atoms with Crippen LogP contribution >= 0.6 is 0 Å². The van der Waals surface area contributed by atoms with E-state index in [0.29, 0.717) is 25.4 Å². The van der Waals surface area contributed by atoms with Crippen molar-refractivity contribution < 1.29 is 14.3 Å². The molecule has 3 aromatic carbocycles. The normalized spacial score (nSPS) is 15.2. The van der Waals surface area contributed by atoms with Crippen molar-refractivity contribution in [1.82, 2.24) is 9.80 Å². The van der Waals surface area contributed by atoms with Gasteiger partial charge in [-0.05, 0) is 48.0 Å². The lowest BCUT2D eigenvalue weighted by atomic mass is 10.1. The van der Waals surface area contributed by atoms with Gasteiger partial charge in [-0.3, -0.25) is 9.69 Å². The third kappa shape index (κ3) is 4.61. The first-order chi connectivity index (χ1) is 15.7. The van der Waals surface area contributed by atoms with E-state index in [2.05, 4.69) is 22.8 Å². The molecule has 2 aliphatic rings. The Labute approximate surface area is 188 Å². The van der Waals surface area contributed by atoms with Crippen molar-refractivity contribution in [3.8, 4) is 23.3 Å². The molecule has 1 saturated heterocycles. The minimum Gasteiger partial charge on any atom is -0.454 e. The highest BCUT2D eigenvalue weighted by Crippen LogP contribution is 2.32. The van der Waals surface area contributed by atoms with Gasteiger partial charge in [0, 0.05) is 49.4 Å². The number of fused-ring (bicyclic) bond motifs is 1. The number of carbonyl (C=O) groups is 1. The number of ether oxygens (including phenoxy) is 2. The fraction of sp³-hybridized carbons (Fsp3) is 0.222. The average Bonchev–Trinajstić information content (AvgIpc) is 3.32. The van der Waals surface area contributed by atoms with Crippen LogP contribution in [-0.2, 0) is 6.54 Å². The molecule has 0 spiro atoms. The number of piperazine rings is 1. The van der Waals surface area contributed by atoms with Gasteiger partial charge in [0.05, 0.1) is 0 Å². The Hall–Kier alpha value is -3.75. The number of rotatable bonds is 3. The van der Waals surface area contributed by atoms with E-state index < -0.39 is 0 Å². The fourth-order valence-electron chi connectivity index (χ4n) is 3.98. The number of benzene rings is 3. The molecule has 0 atom stereocenters. The highest BCUT2D eigenvalue weighted by molar-refractivity contribution is 5.94. The first-order valence-corrected chi connectivity index (χ1v) is 10.8. The van der Waals surface area contributed by atoms with Crippen LogP contribution in [0.5, 0.6) is 11.5 Å². The van der Waals surface area contributed by atoms with E-state index in [0.717, 1.165) is 42.3 Å². The van der Waals surface area contributed by atoms with Crippen LogP contribution in [-0.4, -0.2) is 48.7 Å². The minimum absolute atomic E-state index is 0.0658. The maximum Gasteiger partial charge on any atom is 0.253 e. The lowest BCUT2D eigenvalue weighted by molar-refractivity contribution is 0.0628. The lowest BCUT2D eigenvalue weighted by Crippen LogP contribution is -2.48. The van der Waals surface area contributed by atoms with Gasteiger partial charge in [0.2, 0.25) is 6.79 Å². The maximum atomic E-state index is 13.0. The van der Waals surface area contributed by atoms with Gasteiger partial charge in [0.15, 0.2) is 11.5 Å². The Kier molecular flexibility index (Phi) is 5.78. The molecule has 0 N–H and O–H groups in total. The van der Waals surface area contributed by atoms with Crippen molar-refractivity contribution in [3.63, 3.8) is 0 Å². The Morgan fingerprint density at radius 3 is 2.38 bits per heavy atom. The highest BCUT2D eigenvalue weighted by Gasteiger charge is 2.23. The summed E-state index contributed by atoms with van der Waals surface area (Å²) in [5.41, 5.74) is 3.69. The Morgan fingerprint density at radius 2 is 1.53 bits per heavy atom. The van der Waals surface area contributed by atoms with Gasteiger partial charge in [0.25, 0.3) is 5.91 Å². The molecule has 1 amide bonds. The van der Waals surface area contributed by atoms with Gasteiger partial charge >= 0.3 is 0 Å². The molecule has 0 aliphatic carbocycles. The molecule has 3 aromatic rings. The molecule has 160 valence electrons. The summed E-state index contributed by atoms with van der Waals surface area (Å²) >= 11 is 0. The van der Waals surface area contributed by atoms with E-state index in [1.54, 1.807) is 0 Å². The van der Waals surface area contributed by atoms with Crippen LogP contribution in [0.4, 0.5) is 0 Å². The molecule has 5 rings (SSSR count). The van der Waals surface area contributed by atoms with Crippen molar-refractivity contribution in [3.05, 3.63) is 95.1 Å². The smallest absolute Gasteiger partial charge is 0.253 e. The van der Waals surface area contributed by atoms with E-state index in [-0.39, 0.29) is 5.91 Å². The molecule has 2 aliphatic heterocycles. The highest BCUT2D eigenvalue weighted by atomic mass is 16.7. The average molecular weight is 425 g/mol. The molecule has 1 fully saturated rings. The summed E-state index contributed by atoms with van der Waals surface area (Å²) < 4.78 is 10.9. The maximum absolute atomic E-state index is 13.0. The molecule has 0 aromatic heterocycles. The third-order valence-electron chi connectivity index (χ3n) is 5.74. The standard InChI is InChI=1S/C27H24N2O3/c30-27(24-8-4-7-22(17-24)10-9-21-5-2-1-3-6-21)29-15-13-28(14-16-29)19-23-11-12-25-26(18-23)32-20-31-25/h1-8,11-12,17-18H,13-16,19-20H2. The molecular formula is C27H24N2O3. The molecule has 0 saturated carbocycles. The predicted octanol–water partition coefficient (Wildman–Crippen LogP) is 3.77. The van der Waals surface area contributed by atoms with E-state index in [1.165, 1.54) is 5.56 Å². The lowest BCUT2D eigenvalue weighted by Gasteiger charge is -2.34. The summed E-state index contributed by atoms with van der Waals surface area (Å²) in [6, 6.07) is 23.5. The van der Waals surface area contributed by atoms with Crippen LogP contribution in [0, 0.1) is 11.8 Å². The number of amides is 1. The van der Waals surface area contributed by atoms with Crippen LogP contribution in [0.2, 0.25) is 0 Å². The van der Waals surface area contributed by atoms with Gasteiger partial charge < -0.3 is 14.4 Å². The molecule has 32 heavy (non-hydrogen) atoms. The summed E-state index contributed by atoms with van der Waals surface area (Å²) in [7, 11) is 0. The van der Waals surface area contributed by atoms with Gasteiger partial charge in [0.1, 0.15) is 0 Å². The monoisotopic (exact) mass is 424 g/mol.